The predicted molar refractivity (Wildman–Crippen MR) is 98.4 cm³/mol. The Labute approximate surface area is 148 Å². The fourth-order valence-corrected chi connectivity index (χ4v) is 4.13. The van der Waals surface area contributed by atoms with E-state index in [9.17, 15) is 8.42 Å². The molecule has 2 aromatic carbocycles. The van der Waals surface area contributed by atoms with E-state index < -0.39 is 21.7 Å². The van der Waals surface area contributed by atoms with Crippen LogP contribution in [0.5, 0.6) is 5.75 Å². The zero-order valence-electron chi connectivity index (χ0n) is 14.0. The van der Waals surface area contributed by atoms with Gasteiger partial charge in [0, 0.05) is 12.2 Å². The minimum atomic E-state index is -3.44. The van der Waals surface area contributed by atoms with Gasteiger partial charge < -0.3 is 14.9 Å². The molecule has 2 aromatic rings. The average molecular weight is 364 g/mol. The van der Waals surface area contributed by atoms with Gasteiger partial charge in [0.15, 0.2) is 9.84 Å². The zero-order chi connectivity index (χ0) is 18.1. The number of para-hydroxylation sites is 1. The van der Waals surface area contributed by atoms with Crippen LogP contribution in [0.2, 0.25) is 0 Å². The summed E-state index contributed by atoms with van der Waals surface area (Å²) in [4.78, 5) is 0. The molecule has 0 saturated heterocycles. The molecule has 0 aliphatic carbocycles. The van der Waals surface area contributed by atoms with Crippen LogP contribution < -0.4 is 4.74 Å². The van der Waals surface area contributed by atoms with Crippen molar-refractivity contribution in [3.8, 4) is 16.9 Å². The van der Waals surface area contributed by atoms with Crippen LogP contribution in [-0.2, 0) is 9.84 Å². The number of ether oxygens (including phenoxy) is 1. The summed E-state index contributed by atoms with van der Waals surface area (Å²) in [5, 5.41) is 17.1. The molecule has 0 aliphatic rings. The van der Waals surface area contributed by atoms with E-state index >= 15 is 0 Å². The smallest absolute Gasteiger partial charge is 0.155 e. The third-order valence-electron chi connectivity index (χ3n) is 3.97. The molecular formula is C19H24O5S. The van der Waals surface area contributed by atoms with Gasteiger partial charge in [-0.1, -0.05) is 48.5 Å². The largest absolute Gasteiger partial charge is 0.493 e. The van der Waals surface area contributed by atoms with Crippen LogP contribution in [0.15, 0.2) is 54.6 Å². The number of aliphatic hydroxyl groups is 2. The molecule has 136 valence electrons. The number of rotatable bonds is 10. The number of benzene rings is 2. The average Bonchev–Trinajstić information content (AvgIpc) is 2.64. The first-order valence-electron chi connectivity index (χ1n) is 8.29. The lowest BCUT2D eigenvalue weighted by Gasteiger charge is -2.15. The van der Waals surface area contributed by atoms with Crippen molar-refractivity contribution in [1.82, 2.24) is 0 Å². The second-order valence-electron chi connectivity index (χ2n) is 5.75. The van der Waals surface area contributed by atoms with Crippen LogP contribution in [0.25, 0.3) is 11.1 Å². The summed E-state index contributed by atoms with van der Waals surface area (Å²) >= 11 is 0. The van der Waals surface area contributed by atoms with Gasteiger partial charge in [0.05, 0.1) is 24.2 Å². The van der Waals surface area contributed by atoms with Crippen molar-refractivity contribution in [2.45, 2.75) is 18.1 Å². The van der Waals surface area contributed by atoms with Crippen molar-refractivity contribution >= 4 is 9.84 Å². The van der Waals surface area contributed by atoms with Gasteiger partial charge >= 0.3 is 0 Å². The molecular weight excluding hydrogens is 340 g/mol. The number of hydrogen-bond acceptors (Lipinski definition) is 5. The first kappa shape index (κ1) is 19.4. The third-order valence-corrected chi connectivity index (χ3v) is 6.22. The van der Waals surface area contributed by atoms with Crippen molar-refractivity contribution in [1.29, 1.82) is 0 Å². The monoisotopic (exact) mass is 364 g/mol. The highest BCUT2D eigenvalue weighted by Crippen LogP contribution is 2.29. The van der Waals surface area contributed by atoms with E-state index in [1.807, 2.05) is 54.6 Å². The predicted octanol–water partition coefficient (Wildman–Crippen LogP) is 2.28. The van der Waals surface area contributed by atoms with Gasteiger partial charge in [0.1, 0.15) is 5.75 Å². The molecule has 0 radical (unpaired) electrons. The highest BCUT2D eigenvalue weighted by atomic mass is 32.2. The van der Waals surface area contributed by atoms with Crippen LogP contribution in [-0.4, -0.2) is 49.5 Å². The molecule has 5 nitrogen and oxygen atoms in total. The van der Waals surface area contributed by atoms with E-state index in [0.717, 1.165) is 11.1 Å². The van der Waals surface area contributed by atoms with E-state index in [2.05, 4.69) is 0 Å². The van der Waals surface area contributed by atoms with E-state index in [1.54, 1.807) is 0 Å². The maximum Gasteiger partial charge on any atom is 0.155 e. The number of sulfone groups is 1. The first-order valence-corrected chi connectivity index (χ1v) is 10.0. The Morgan fingerprint density at radius 2 is 1.64 bits per heavy atom. The second kappa shape index (κ2) is 9.56. The molecule has 0 unspecified atom stereocenters. The van der Waals surface area contributed by atoms with Gasteiger partial charge in [-0.25, -0.2) is 8.42 Å². The van der Waals surface area contributed by atoms with Gasteiger partial charge in [-0.2, -0.15) is 0 Å². The lowest BCUT2D eigenvalue weighted by molar-refractivity contribution is 0.243. The van der Waals surface area contributed by atoms with Crippen molar-refractivity contribution in [3.63, 3.8) is 0 Å². The van der Waals surface area contributed by atoms with E-state index in [-0.39, 0.29) is 25.4 Å². The molecule has 2 N–H and O–H groups in total. The maximum absolute atomic E-state index is 12.1. The first-order chi connectivity index (χ1) is 12.1. The Morgan fingerprint density at radius 3 is 2.32 bits per heavy atom. The quantitative estimate of drug-likeness (QED) is 0.632. The maximum atomic E-state index is 12.1. The normalized spacial score (nSPS) is 12.7. The van der Waals surface area contributed by atoms with E-state index in [4.69, 9.17) is 14.9 Å². The molecule has 1 atom stereocenters. The second-order valence-corrected chi connectivity index (χ2v) is 8.15. The fraction of sp³-hybridized carbons (Fsp3) is 0.368. The van der Waals surface area contributed by atoms with Crippen molar-refractivity contribution in [2.24, 2.45) is 0 Å². The standard InChI is InChI=1S/C19H24O5S/c20-12-11-17(15-21)25(22,23)14-6-13-24-19-10-5-4-9-18(19)16-7-2-1-3-8-16/h1-5,7-10,17,20-21H,6,11-15H2/t17-/m1/s1. The molecule has 0 fully saturated rings. The molecule has 0 heterocycles. The van der Waals surface area contributed by atoms with Crippen molar-refractivity contribution in [3.05, 3.63) is 54.6 Å². The van der Waals surface area contributed by atoms with Crippen LogP contribution in [0.1, 0.15) is 12.8 Å². The summed E-state index contributed by atoms with van der Waals surface area (Å²) in [5.74, 6) is 0.631. The Kier molecular flexibility index (Phi) is 7.43. The van der Waals surface area contributed by atoms with E-state index in [1.165, 1.54) is 0 Å². The van der Waals surface area contributed by atoms with Crippen LogP contribution >= 0.6 is 0 Å². The Balaban J connectivity index is 1.95. The topological polar surface area (TPSA) is 83.8 Å². The third kappa shape index (κ3) is 5.56. The molecule has 0 aliphatic heterocycles. The Morgan fingerprint density at radius 1 is 0.960 bits per heavy atom. The van der Waals surface area contributed by atoms with Crippen molar-refractivity contribution in [2.75, 3.05) is 25.6 Å². The van der Waals surface area contributed by atoms with Gasteiger partial charge in [-0.3, -0.25) is 0 Å². The zero-order valence-corrected chi connectivity index (χ0v) is 14.9. The summed E-state index contributed by atoms with van der Waals surface area (Å²) in [6.07, 6.45) is 0.379. The summed E-state index contributed by atoms with van der Waals surface area (Å²) in [6, 6.07) is 17.5. The lowest BCUT2D eigenvalue weighted by Crippen LogP contribution is -2.29. The molecule has 0 amide bonds. The fourth-order valence-electron chi connectivity index (χ4n) is 2.59. The summed E-state index contributed by atoms with van der Waals surface area (Å²) in [7, 11) is -3.44. The Bertz CT molecular complexity index is 743. The Hall–Kier alpha value is -1.89. The van der Waals surface area contributed by atoms with Crippen LogP contribution in [0.4, 0.5) is 0 Å². The lowest BCUT2D eigenvalue weighted by atomic mass is 10.1. The van der Waals surface area contributed by atoms with Crippen molar-refractivity contribution < 1.29 is 23.4 Å². The van der Waals surface area contributed by atoms with Gasteiger partial charge in [-0.05, 0) is 24.5 Å². The molecule has 0 aromatic heterocycles. The minimum absolute atomic E-state index is 0.0521. The summed E-state index contributed by atoms with van der Waals surface area (Å²) in [5.41, 5.74) is 1.99. The molecule has 2 rings (SSSR count). The highest BCUT2D eigenvalue weighted by molar-refractivity contribution is 7.92. The molecule has 0 spiro atoms. The van der Waals surface area contributed by atoms with E-state index in [0.29, 0.717) is 12.2 Å². The number of hydrogen-bond donors (Lipinski definition) is 2. The minimum Gasteiger partial charge on any atom is -0.493 e. The highest BCUT2D eigenvalue weighted by Gasteiger charge is 2.23. The molecule has 6 heteroatoms. The van der Waals surface area contributed by atoms with Gasteiger partial charge in [0.2, 0.25) is 0 Å². The molecule has 25 heavy (non-hydrogen) atoms. The van der Waals surface area contributed by atoms with Crippen LogP contribution in [0.3, 0.4) is 0 Å². The number of aliphatic hydroxyl groups excluding tert-OH is 2. The summed E-state index contributed by atoms with van der Waals surface area (Å²) in [6.45, 7) is -0.466. The van der Waals surface area contributed by atoms with Gasteiger partial charge in [-0.15, -0.1) is 0 Å². The molecule has 0 bridgehead atoms. The molecule has 0 saturated carbocycles. The summed E-state index contributed by atoms with van der Waals surface area (Å²) < 4.78 is 30.0. The van der Waals surface area contributed by atoms with Crippen LogP contribution in [0, 0.1) is 0 Å². The van der Waals surface area contributed by atoms with Gasteiger partial charge in [0.25, 0.3) is 0 Å². The SMILES string of the molecule is O=S(=O)(CCCOc1ccccc1-c1ccccc1)[C@@H](CO)CCO.